The molecule has 0 atom stereocenters. The number of pyridine rings is 1. The van der Waals surface area contributed by atoms with Crippen LogP contribution in [0.25, 0.3) is 11.4 Å². The summed E-state index contributed by atoms with van der Waals surface area (Å²) in [6, 6.07) is 11.9. The van der Waals surface area contributed by atoms with Gasteiger partial charge >= 0.3 is 0 Å². The zero-order valence-corrected chi connectivity index (χ0v) is 16.7. The Bertz CT molecular complexity index is 975. The fourth-order valence-electron chi connectivity index (χ4n) is 3.34. The molecule has 6 nitrogen and oxygen atoms in total. The van der Waals surface area contributed by atoms with Crippen molar-refractivity contribution in [3.05, 3.63) is 58.6 Å². The lowest BCUT2D eigenvalue weighted by molar-refractivity contribution is 0.194. The van der Waals surface area contributed by atoms with E-state index in [4.69, 9.17) is 28.9 Å². The third-order valence-electron chi connectivity index (χ3n) is 4.86. The molecule has 4 rings (SSSR count). The lowest BCUT2D eigenvalue weighted by Crippen LogP contribution is -2.47. The van der Waals surface area contributed by atoms with Crippen molar-refractivity contribution < 1.29 is 0 Å². The van der Waals surface area contributed by atoms with Crippen LogP contribution in [0.15, 0.2) is 48.8 Å². The van der Waals surface area contributed by atoms with E-state index >= 15 is 0 Å². The summed E-state index contributed by atoms with van der Waals surface area (Å²) in [6.07, 6.45) is 3.54. The summed E-state index contributed by atoms with van der Waals surface area (Å²) >= 11 is 11.7. The number of aromatic nitrogens is 4. The molecule has 0 amide bonds. The van der Waals surface area contributed by atoms with Gasteiger partial charge in [-0.05, 0) is 42.5 Å². The summed E-state index contributed by atoms with van der Waals surface area (Å²) in [5.41, 5.74) is 2.19. The Kier molecular flexibility index (Phi) is 5.24. The predicted octanol–water partition coefficient (Wildman–Crippen LogP) is 3.45. The summed E-state index contributed by atoms with van der Waals surface area (Å²) in [7, 11) is 1.96. The molecule has 0 aliphatic carbocycles. The molecule has 8 heteroatoms. The molecule has 0 saturated carbocycles. The number of hydrogen-bond donors (Lipinski definition) is 0. The number of anilines is 1. The van der Waals surface area contributed by atoms with Gasteiger partial charge in [-0.3, -0.25) is 9.88 Å². The van der Waals surface area contributed by atoms with Crippen LogP contribution < -0.4 is 4.90 Å². The first-order valence-electron chi connectivity index (χ1n) is 8.89. The van der Waals surface area contributed by atoms with Crippen molar-refractivity contribution in [3.8, 4) is 11.4 Å². The third-order valence-corrected chi connectivity index (χ3v) is 5.58. The maximum absolute atomic E-state index is 6.12. The molecule has 1 saturated heterocycles. The van der Waals surface area contributed by atoms with Gasteiger partial charge in [0.25, 0.3) is 0 Å². The second-order valence-corrected chi connectivity index (χ2v) is 7.43. The first-order valence-corrected chi connectivity index (χ1v) is 9.67. The Morgan fingerprint density at radius 1 is 1.07 bits per heavy atom. The Labute approximate surface area is 168 Å². The molecule has 140 valence electrons. The van der Waals surface area contributed by atoms with E-state index in [9.17, 15) is 0 Å². The molecule has 2 aromatic heterocycles. The van der Waals surface area contributed by atoms with E-state index in [1.165, 1.54) is 5.69 Å². The van der Waals surface area contributed by atoms with E-state index in [1.54, 1.807) is 12.4 Å². The van der Waals surface area contributed by atoms with Gasteiger partial charge in [-0.15, -0.1) is 0 Å². The highest BCUT2D eigenvalue weighted by Crippen LogP contribution is 2.21. The molecule has 1 aromatic carbocycles. The molecule has 0 bridgehead atoms. The van der Waals surface area contributed by atoms with Crippen molar-refractivity contribution in [1.82, 2.24) is 24.2 Å². The van der Waals surface area contributed by atoms with Crippen LogP contribution >= 0.6 is 23.8 Å². The molecule has 3 heterocycles. The highest BCUT2D eigenvalue weighted by atomic mass is 35.5. The van der Waals surface area contributed by atoms with Crippen LogP contribution in [-0.4, -0.2) is 50.4 Å². The van der Waals surface area contributed by atoms with Gasteiger partial charge < -0.3 is 9.47 Å². The van der Waals surface area contributed by atoms with Crippen LogP contribution in [0.1, 0.15) is 0 Å². The summed E-state index contributed by atoms with van der Waals surface area (Å²) in [4.78, 5) is 8.81. The first-order chi connectivity index (χ1) is 13.1. The van der Waals surface area contributed by atoms with Crippen LogP contribution in [0.5, 0.6) is 0 Å². The van der Waals surface area contributed by atoms with Crippen LogP contribution in [0.4, 0.5) is 5.69 Å². The van der Waals surface area contributed by atoms with Gasteiger partial charge in [-0.2, -0.15) is 5.10 Å². The molecule has 1 aliphatic heterocycles. The van der Waals surface area contributed by atoms with Crippen molar-refractivity contribution in [3.63, 3.8) is 0 Å². The van der Waals surface area contributed by atoms with Crippen molar-refractivity contribution in [2.75, 3.05) is 31.1 Å². The van der Waals surface area contributed by atoms with Crippen LogP contribution in [-0.2, 0) is 13.7 Å². The quantitative estimate of drug-likeness (QED) is 0.627. The second kappa shape index (κ2) is 7.80. The van der Waals surface area contributed by atoms with Crippen molar-refractivity contribution in [2.24, 2.45) is 7.05 Å². The molecule has 0 radical (unpaired) electrons. The molecule has 3 aromatic rings. The largest absolute Gasteiger partial charge is 0.369 e. The fourth-order valence-corrected chi connectivity index (χ4v) is 3.71. The average Bonchev–Trinajstić information content (AvgIpc) is 2.98. The number of rotatable bonds is 4. The maximum Gasteiger partial charge on any atom is 0.199 e. The van der Waals surface area contributed by atoms with Gasteiger partial charge in [0.1, 0.15) is 0 Å². The van der Waals surface area contributed by atoms with Crippen molar-refractivity contribution in [2.45, 2.75) is 6.67 Å². The monoisotopic (exact) mass is 400 g/mol. The predicted molar refractivity (Wildman–Crippen MR) is 111 cm³/mol. The van der Waals surface area contributed by atoms with Crippen LogP contribution in [0, 0.1) is 4.77 Å². The molecular weight excluding hydrogens is 380 g/mol. The number of piperazine rings is 1. The molecule has 1 aliphatic rings. The molecule has 1 fully saturated rings. The summed E-state index contributed by atoms with van der Waals surface area (Å²) in [6.45, 7) is 4.52. The minimum absolute atomic E-state index is 0.696. The van der Waals surface area contributed by atoms with Gasteiger partial charge in [-0.1, -0.05) is 17.7 Å². The lowest BCUT2D eigenvalue weighted by Gasteiger charge is -2.35. The summed E-state index contributed by atoms with van der Waals surface area (Å²) < 4.78 is 4.58. The van der Waals surface area contributed by atoms with Gasteiger partial charge in [0.15, 0.2) is 10.6 Å². The van der Waals surface area contributed by atoms with E-state index in [-0.39, 0.29) is 0 Å². The highest BCUT2D eigenvalue weighted by molar-refractivity contribution is 7.71. The van der Waals surface area contributed by atoms with Gasteiger partial charge in [-0.25, -0.2) is 4.68 Å². The molecule has 0 N–H and O–H groups in total. The average molecular weight is 401 g/mol. The number of halogens is 1. The topological polar surface area (TPSA) is 42.1 Å². The zero-order valence-electron chi connectivity index (χ0n) is 15.1. The van der Waals surface area contributed by atoms with E-state index in [0.717, 1.165) is 47.4 Å². The Morgan fingerprint density at radius 3 is 2.52 bits per heavy atom. The van der Waals surface area contributed by atoms with Crippen LogP contribution in [0.3, 0.4) is 0 Å². The minimum atomic E-state index is 0.696. The Hall–Kier alpha value is -2.22. The lowest BCUT2D eigenvalue weighted by atomic mass is 10.2. The fraction of sp³-hybridized carbons (Fsp3) is 0.316. The number of nitrogens with zero attached hydrogens (tertiary/aromatic N) is 6. The highest BCUT2D eigenvalue weighted by Gasteiger charge is 2.19. The van der Waals surface area contributed by atoms with E-state index < -0.39 is 0 Å². The molecule has 0 spiro atoms. The zero-order chi connectivity index (χ0) is 18.8. The third kappa shape index (κ3) is 3.90. The SMILES string of the molecule is Cn1c(-c2ccncc2)nn(CN2CCN(c3cccc(Cl)c3)CC2)c1=S. The first kappa shape index (κ1) is 18.2. The Balaban J connectivity index is 1.45. The molecule has 27 heavy (non-hydrogen) atoms. The van der Waals surface area contributed by atoms with Gasteiger partial charge in [0.2, 0.25) is 0 Å². The van der Waals surface area contributed by atoms with Gasteiger partial charge in [0, 0.05) is 61.9 Å². The number of benzene rings is 1. The van der Waals surface area contributed by atoms with E-state index in [1.807, 2.05) is 46.6 Å². The van der Waals surface area contributed by atoms with Gasteiger partial charge in [0.05, 0.1) is 6.67 Å². The summed E-state index contributed by atoms with van der Waals surface area (Å²) in [5.74, 6) is 0.861. The number of hydrogen-bond acceptors (Lipinski definition) is 5. The van der Waals surface area contributed by atoms with Crippen molar-refractivity contribution in [1.29, 1.82) is 0 Å². The van der Waals surface area contributed by atoms with E-state index in [2.05, 4.69) is 20.9 Å². The van der Waals surface area contributed by atoms with Crippen LogP contribution in [0.2, 0.25) is 5.02 Å². The maximum atomic E-state index is 6.12. The molecule has 0 unspecified atom stereocenters. The standard InChI is InChI=1S/C19H21ClN6S/c1-23-18(15-5-7-21-8-6-15)22-26(19(23)27)14-24-9-11-25(12-10-24)17-4-2-3-16(20)13-17/h2-8,13H,9-12,14H2,1H3. The normalized spacial score (nSPS) is 15.3. The Morgan fingerprint density at radius 2 is 1.81 bits per heavy atom. The minimum Gasteiger partial charge on any atom is -0.369 e. The van der Waals surface area contributed by atoms with E-state index in [0.29, 0.717) is 6.67 Å². The summed E-state index contributed by atoms with van der Waals surface area (Å²) in [5, 5.41) is 5.51. The second-order valence-electron chi connectivity index (χ2n) is 6.63. The van der Waals surface area contributed by atoms with Crippen molar-refractivity contribution >= 4 is 29.5 Å². The molecular formula is C19H21ClN6S. The smallest absolute Gasteiger partial charge is 0.199 e.